The number of aliphatic hydroxyl groups excluding tert-OH is 1. The highest BCUT2D eigenvalue weighted by Crippen LogP contribution is 2.37. The molecule has 0 fully saturated rings. The first-order chi connectivity index (χ1) is 22.1. The molecule has 2 amide bonds. The van der Waals surface area contributed by atoms with Gasteiger partial charge in [-0.05, 0) is 61.7 Å². The summed E-state index contributed by atoms with van der Waals surface area (Å²) in [5.41, 5.74) is 6.58. The molecule has 0 spiro atoms. The van der Waals surface area contributed by atoms with Crippen LogP contribution in [0.25, 0.3) is 0 Å². The van der Waals surface area contributed by atoms with Crippen LogP contribution in [0.4, 0.5) is 4.79 Å². The third-order valence-electron chi connectivity index (χ3n) is 6.83. The second kappa shape index (κ2) is 15.9. The molecule has 4 rings (SSSR count). The molecular formula is C33H37ClN4O8. The van der Waals surface area contributed by atoms with Gasteiger partial charge in [-0.25, -0.2) is 9.59 Å². The summed E-state index contributed by atoms with van der Waals surface area (Å²) in [5, 5.41) is 20.2. The molecule has 3 aromatic carbocycles. The van der Waals surface area contributed by atoms with Gasteiger partial charge in [-0.1, -0.05) is 47.5 Å². The van der Waals surface area contributed by atoms with Crippen LogP contribution in [0.15, 0.2) is 71.0 Å². The summed E-state index contributed by atoms with van der Waals surface area (Å²) in [6, 6.07) is 15.1. The highest BCUT2D eigenvalue weighted by atomic mass is 35.5. The molecule has 4 N–H and O–H groups in total. The lowest BCUT2D eigenvalue weighted by molar-refractivity contribution is -0.136. The molecule has 2 atom stereocenters. The van der Waals surface area contributed by atoms with E-state index in [-0.39, 0.29) is 12.2 Å². The maximum Gasteiger partial charge on any atom is 0.337 e. The summed E-state index contributed by atoms with van der Waals surface area (Å²) in [6.07, 6.45) is 0.296. The first-order valence-corrected chi connectivity index (χ1v) is 14.8. The number of esters is 1. The number of urea groups is 1. The number of carbonyl (C=O) groups excluding carboxylic acids is 2. The standard InChI is InChI=1S/C33H37ClN4O8/c1-6-44-26-15-23(30-29(32(40)43-5)20(3)36-33(41)37-30)10-11-25(26)45-18-28(39)38-35-16-22-13-24(34)31(27(14-22)42-4)46-17-21-9-7-8-19(2)12-21/h7-16,28,30,38-39H,6,17-18H2,1-5H3,(H2,36,37,41)/b35-16-/t28-,30+/m1/s1. The van der Waals surface area contributed by atoms with Gasteiger partial charge in [-0.3, -0.25) is 5.43 Å². The normalized spacial score (nSPS) is 15.1. The number of hydrazone groups is 1. The van der Waals surface area contributed by atoms with Gasteiger partial charge in [0.1, 0.15) is 13.2 Å². The molecule has 0 saturated carbocycles. The molecule has 0 saturated heterocycles. The van der Waals surface area contributed by atoms with Crippen molar-refractivity contribution in [3.63, 3.8) is 0 Å². The number of methoxy groups -OCH3 is 2. The minimum absolute atomic E-state index is 0.177. The van der Waals surface area contributed by atoms with Crippen molar-refractivity contribution >= 4 is 29.8 Å². The molecule has 1 heterocycles. The van der Waals surface area contributed by atoms with Crippen molar-refractivity contribution in [2.45, 2.75) is 39.6 Å². The minimum Gasteiger partial charge on any atom is -0.493 e. The topological polar surface area (TPSA) is 149 Å². The number of aryl methyl sites for hydroxylation is 1. The van der Waals surface area contributed by atoms with Crippen molar-refractivity contribution in [3.8, 4) is 23.0 Å². The number of benzene rings is 3. The average molecular weight is 653 g/mol. The Bertz CT molecular complexity index is 1630. The summed E-state index contributed by atoms with van der Waals surface area (Å²) in [5.74, 6) is 0.970. The van der Waals surface area contributed by atoms with E-state index in [0.717, 1.165) is 11.1 Å². The number of halogens is 1. The van der Waals surface area contributed by atoms with Gasteiger partial charge in [-0.15, -0.1) is 0 Å². The summed E-state index contributed by atoms with van der Waals surface area (Å²) >= 11 is 6.50. The predicted octanol–water partition coefficient (Wildman–Crippen LogP) is 4.76. The number of nitrogens with one attached hydrogen (secondary N) is 3. The van der Waals surface area contributed by atoms with Crippen LogP contribution in [-0.4, -0.2) is 57.0 Å². The Morgan fingerprint density at radius 2 is 1.87 bits per heavy atom. The molecule has 0 radical (unpaired) electrons. The van der Waals surface area contributed by atoms with Crippen molar-refractivity contribution < 1.29 is 38.4 Å². The molecule has 1 aliphatic rings. The first-order valence-electron chi connectivity index (χ1n) is 14.4. The zero-order chi connectivity index (χ0) is 33.2. The fourth-order valence-corrected chi connectivity index (χ4v) is 5.01. The molecule has 0 unspecified atom stereocenters. The Labute approximate surface area is 272 Å². The van der Waals surface area contributed by atoms with Crippen molar-refractivity contribution in [1.82, 2.24) is 16.1 Å². The molecule has 0 aromatic heterocycles. The van der Waals surface area contributed by atoms with Crippen molar-refractivity contribution in [3.05, 3.63) is 93.1 Å². The number of carbonyl (C=O) groups is 2. The Morgan fingerprint density at radius 1 is 1.07 bits per heavy atom. The van der Waals surface area contributed by atoms with Crippen LogP contribution in [0.1, 0.15) is 42.1 Å². The van der Waals surface area contributed by atoms with Crippen LogP contribution in [-0.2, 0) is 16.1 Å². The van der Waals surface area contributed by atoms with E-state index < -0.39 is 24.3 Å². The Balaban J connectivity index is 1.39. The SMILES string of the molecule is CCOc1cc([C@@H]2NC(=O)NC(C)=C2C(=O)OC)ccc1OC[C@@H](O)N/N=C\c1cc(Cl)c(OCc2cccc(C)c2)c(OC)c1. The number of aliphatic hydroxyl groups is 1. The fraction of sp³-hybridized carbons (Fsp3) is 0.303. The van der Waals surface area contributed by atoms with E-state index in [1.165, 1.54) is 20.4 Å². The van der Waals surface area contributed by atoms with Gasteiger partial charge in [0, 0.05) is 5.70 Å². The minimum atomic E-state index is -1.18. The van der Waals surface area contributed by atoms with Crippen molar-refractivity contribution in [1.29, 1.82) is 0 Å². The van der Waals surface area contributed by atoms with E-state index in [1.807, 2.05) is 38.1 Å². The zero-order valence-corrected chi connectivity index (χ0v) is 26.9. The quantitative estimate of drug-likeness (QED) is 0.0837. The maximum absolute atomic E-state index is 12.5. The van der Waals surface area contributed by atoms with Crippen LogP contribution < -0.4 is 35.0 Å². The summed E-state index contributed by atoms with van der Waals surface area (Å²) in [7, 11) is 2.79. The van der Waals surface area contributed by atoms with Crippen LogP contribution in [0.2, 0.25) is 5.02 Å². The lowest BCUT2D eigenvalue weighted by Crippen LogP contribution is -2.45. The van der Waals surface area contributed by atoms with Crippen molar-refractivity contribution in [2.24, 2.45) is 5.10 Å². The lowest BCUT2D eigenvalue weighted by Gasteiger charge is -2.28. The number of rotatable bonds is 14. The van der Waals surface area contributed by atoms with E-state index in [9.17, 15) is 14.7 Å². The molecule has 3 aromatic rings. The van der Waals surface area contributed by atoms with Gasteiger partial charge in [0.05, 0.1) is 43.7 Å². The van der Waals surface area contributed by atoms with Crippen LogP contribution in [0, 0.1) is 6.92 Å². The second-order valence-corrected chi connectivity index (χ2v) is 10.6. The van der Waals surface area contributed by atoms with Gasteiger partial charge in [0.2, 0.25) is 0 Å². The molecule has 46 heavy (non-hydrogen) atoms. The number of ether oxygens (including phenoxy) is 5. The van der Waals surface area contributed by atoms with Gasteiger partial charge in [0.25, 0.3) is 0 Å². The molecular weight excluding hydrogens is 616 g/mol. The highest BCUT2D eigenvalue weighted by Gasteiger charge is 2.32. The second-order valence-electron chi connectivity index (χ2n) is 10.2. The van der Waals surface area contributed by atoms with Gasteiger partial charge in [0.15, 0.2) is 29.2 Å². The van der Waals surface area contributed by atoms with E-state index >= 15 is 0 Å². The number of hydrogen-bond acceptors (Lipinski definition) is 10. The predicted molar refractivity (Wildman–Crippen MR) is 172 cm³/mol. The molecule has 0 aliphatic carbocycles. The number of hydrogen-bond donors (Lipinski definition) is 4. The van der Waals surface area contributed by atoms with E-state index in [0.29, 0.717) is 58.1 Å². The monoisotopic (exact) mass is 652 g/mol. The van der Waals surface area contributed by atoms with Gasteiger partial charge < -0.3 is 39.4 Å². The molecule has 1 aliphatic heterocycles. The Morgan fingerprint density at radius 3 is 2.59 bits per heavy atom. The zero-order valence-electron chi connectivity index (χ0n) is 26.2. The van der Waals surface area contributed by atoms with E-state index in [2.05, 4.69) is 21.2 Å². The third kappa shape index (κ3) is 8.61. The number of allylic oxidation sites excluding steroid dienone is 1. The van der Waals surface area contributed by atoms with Gasteiger partial charge in [-0.2, -0.15) is 5.10 Å². The summed E-state index contributed by atoms with van der Waals surface area (Å²) in [4.78, 5) is 24.6. The number of amides is 2. The van der Waals surface area contributed by atoms with Crippen molar-refractivity contribution in [2.75, 3.05) is 27.4 Å². The molecule has 244 valence electrons. The molecule has 13 heteroatoms. The third-order valence-corrected chi connectivity index (χ3v) is 7.11. The smallest absolute Gasteiger partial charge is 0.337 e. The summed E-state index contributed by atoms with van der Waals surface area (Å²) in [6.45, 7) is 5.92. The Kier molecular flexibility index (Phi) is 11.7. The molecule has 12 nitrogen and oxygen atoms in total. The molecule has 0 bridgehead atoms. The van der Waals surface area contributed by atoms with Gasteiger partial charge >= 0.3 is 12.0 Å². The number of nitrogens with zero attached hydrogens (tertiary/aromatic N) is 1. The largest absolute Gasteiger partial charge is 0.493 e. The summed E-state index contributed by atoms with van der Waals surface area (Å²) < 4.78 is 27.9. The lowest BCUT2D eigenvalue weighted by atomic mass is 9.95. The first kappa shape index (κ1) is 33.9. The fourth-order valence-electron chi connectivity index (χ4n) is 4.73. The maximum atomic E-state index is 12.5. The van der Waals surface area contributed by atoms with Crippen LogP contribution in [0.3, 0.4) is 0 Å². The van der Waals surface area contributed by atoms with E-state index in [1.54, 1.807) is 37.3 Å². The average Bonchev–Trinajstić information content (AvgIpc) is 3.03. The Hall–Kier alpha value is -4.94. The van der Waals surface area contributed by atoms with E-state index in [4.69, 9.17) is 35.3 Å². The van der Waals surface area contributed by atoms with Crippen LogP contribution in [0.5, 0.6) is 23.0 Å². The highest BCUT2D eigenvalue weighted by molar-refractivity contribution is 6.32. The van der Waals surface area contributed by atoms with Crippen LogP contribution >= 0.6 is 11.6 Å².